The van der Waals surface area contributed by atoms with E-state index in [0.29, 0.717) is 11.5 Å². The number of rotatable bonds is 0. The molecule has 1 saturated carbocycles. The topological polar surface area (TPSA) is 38.0 Å². The summed E-state index contributed by atoms with van der Waals surface area (Å²) in [5, 5.41) is 3.42. The van der Waals surface area contributed by atoms with E-state index in [2.05, 4.69) is 29.6 Å². The number of fused-ring (bicyclic) bond motifs is 2. The molecule has 2 atom stereocenters. The Balaban J connectivity index is 2.13. The third-order valence-electron chi connectivity index (χ3n) is 3.48. The fourth-order valence-electron chi connectivity index (χ4n) is 2.56. The molecule has 1 spiro atoms. The zero-order chi connectivity index (χ0) is 8.89. The largest absolute Gasteiger partial charge is 0.385 e. The van der Waals surface area contributed by atoms with E-state index in [-0.39, 0.29) is 0 Å². The fraction of sp³-hybridized carbons (Fsp3) is 0.455. The molecule has 0 radical (unpaired) electrons. The summed E-state index contributed by atoms with van der Waals surface area (Å²) in [6.07, 6.45) is 2.37. The van der Waals surface area contributed by atoms with Crippen LogP contribution in [0.5, 0.6) is 0 Å². The van der Waals surface area contributed by atoms with E-state index in [1.54, 1.807) is 0 Å². The third-order valence-corrected chi connectivity index (χ3v) is 3.48. The van der Waals surface area contributed by atoms with E-state index in [9.17, 15) is 0 Å². The average molecular weight is 174 g/mol. The molecule has 1 aliphatic heterocycles. The summed E-state index contributed by atoms with van der Waals surface area (Å²) in [7, 11) is 0. The van der Waals surface area contributed by atoms with E-state index in [1.165, 1.54) is 24.1 Å². The second kappa shape index (κ2) is 2.26. The number of hydrogen-bond donors (Lipinski definition) is 2. The molecular weight excluding hydrogens is 160 g/mol. The normalized spacial score (nSPS) is 35.3. The van der Waals surface area contributed by atoms with Gasteiger partial charge in [-0.15, -0.1) is 0 Å². The molecule has 1 heterocycles. The lowest BCUT2D eigenvalue weighted by Crippen LogP contribution is -2.27. The average Bonchev–Trinajstić information content (AvgIpc) is 2.79. The van der Waals surface area contributed by atoms with Gasteiger partial charge in [-0.3, -0.25) is 0 Å². The Morgan fingerprint density at radius 3 is 2.92 bits per heavy atom. The van der Waals surface area contributed by atoms with Crippen LogP contribution in [0.25, 0.3) is 0 Å². The molecule has 1 aromatic carbocycles. The van der Waals surface area contributed by atoms with Crippen LogP contribution in [0.3, 0.4) is 0 Å². The molecule has 0 bridgehead atoms. The molecule has 13 heavy (non-hydrogen) atoms. The zero-order valence-electron chi connectivity index (χ0n) is 7.59. The number of nitrogens with one attached hydrogen (secondary N) is 1. The maximum Gasteiger partial charge on any atom is 0.0379 e. The highest BCUT2D eigenvalue weighted by Gasteiger charge is 2.54. The summed E-state index contributed by atoms with van der Waals surface area (Å²) in [5.74, 6) is 0. The Labute approximate surface area is 78.1 Å². The van der Waals surface area contributed by atoms with Crippen molar-refractivity contribution in [1.29, 1.82) is 0 Å². The van der Waals surface area contributed by atoms with Gasteiger partial charge < -0.3 is 11.1 Å². The molecule has 1 aromatic rings. The smallest absolute Gasteiger partial charge is 0.0379 e. The van der Waals surface area contributed by atoms with Gasteiger partial charge in [0.15, 0.2) is 0 Å². The number of hydrogen-bond acceptors (Lipinski definition) is 2. The van der Waals surface area contributed by atoms with Crippen molar-refractivity contribution < 1.29 is 0 Å². The van der Waals surface area contributed by atoms with Gasteiger partial charge in [0.25, 0.3) is 0 Å². The van der Waals surface area contributed by atoms with Crippen LogP contribution in [0.2, 0.25) is 0 Å². The van der Waals surface area contributed by atoms with Crippen LogP contribution < -0.4 is 11.1 Å². The standard InChI is InChI=1S/C11H14N2/c12-10-7-11(10)5-6-13-9-4-2-1-3-8(9)11/h1-4,10,13H,5-7,12H2. The van der Waals surface area contributed by atoms with Gasteiger partial charge in [-0.25, -0.2) is 0 Å². The Morgan fingerprint density at radius 1 is 1.38 bits per heavy atom. The predicted molar refractivity (Wildman–Crippen MR) is 53.8 cm³/mol. The lowest BCUT2D eigenvalue weighted by Gasteiger charge is -2.27. The van der Waals surface area contributed by atoms with Crippen molar-refractivity contribution in [2.24, 2.45) is 5.73 Å². The summed E-state index contributed by atoms with van der Waals surface area (Å²) in [6, 6.07) is 8.96. The minimum Gasteiger partial charge on any atom is -0.385 e. The van der Waals surface area contributed by atoms with E-state index in [0.717, 1.165) is 6.54 Å². The lowest BCUT2D eigenvalue weighted by atomic mass is 9.87. The van der Waals surface area contributed by atoms with Crippen LogP contribution in [0.1, 0.15) is 18.4 Å². The number of nitrogens with two attached hydrogens (primary N) is 1. The van der Waals surface area contributed by atoms with Gasteiger partial charge in [-0.1, -0.05) is 18.2 Å². The van der Waals surface area contributed by atoms with Crippen molar-refractivity contribution in [3.63, 3.8) is 0 Å². The van der Waals surface area contributed by atoms with Gasteiger partial charge in [0.05, 0.1) is 0 Å². The highest BCUT2D eigenvalue weighted by atomic mass is 14.9. The summed E-state index contributed by atoms with van der Waals surface area (Å²) in [6.45, 7) is 1.07. The van der Waals surface area contributed by atoms with Crippen LogP contribution in [0, 0.1) is 0 Å². The zero-order valence-corrected chi connectivity index (χ0v) is 7.59. The Bertz CT molecular complexity index is 348. The van der Waals surface area contributed by atoms with Gasteiger partial charge in [0, 0.05) is 23.7 Å². The SMILES string of the molecule is NC1CC12CCNc1ccccc12. The first kappa shape index (κ1) is 7.39. The summed E-state index contributed by atoms with van der Waals surface area (Å²) in [5.41, 5.74) is 9.09. The molecular formula is C11H14N2. The van der Waals surface area contributed by atoms with Gasteiger partial charge in [-0.2, -0.15) is 0 Å². The molecule has 0 aromatic heterocycles. The molecule has 3 rings (SSSR count). The molecule has 2 unspecified atom stereocenters. The highest BCUT2D eigenvalue weighted by Crippen LogP contribution is 2.53. The van der Waals surface area contributed by atoms with Crippen LogP contribution in [0.4, 0.5) is 5.69 Å². The lowest BCUT2D eigenvalue weighted by molar-refractivity contribution is 0.598. The Kier molecular flexibility index (Phi) is 1.29. The fourth-order valence-corrected chi connectivity index (χ4v) is 2.56. The van der Waals surface area contributed by atoms with E-state index in [4.69, 9.17) is 5.73 Å². The second-order valence-electron chi connectivity index (χ2n) is 4.19. The highest BCUT2D eigenvalue weighted by molar-refractivity contribution is 5.60. The molecule has 0 saturated heterocycles. The quantitative estimate of drug-likeness (QED) is 0.625. The van der Waals surface area contributed by atoms with Crippen LogP contribution in [0.15, 0.2) is 24.3 Å². The van der Waals surface area contributed by atoms with Crippen LogP contribution in [-0.4, -0.2) is 12.6 Å². The van der Waals surface area contributed by atoms with Gasteiger partial charge in [0.2, 0.25) is 0 Å². The molecule has 2 heteroatoms. The molecule has 2 aliphatic rings. The predicted octanol–water partition coefficient (Wildman–Crippen LogP) is 1.47. The second-order valence-corrected chi connectivity index (χ2v) is 4.19. The Morgan fingerprint density at radius 2 is 2.15 bits per heavy atom. The maximum absolute atomic E-state index is 6.02. The van der Waals surface area contributed by atoms with Gasteiger partial charge in [0.1, 0.15) is 0 Å². The van der Waals surface area contributed by atoms with Crippen LogP contribution in [-0.2, 0) is 5.41 Å². The molecule has 3 N–H and O–H groups in total. The summed E-state index contributed by atoms with van der Waals surface area (Å²) in [4.78, 5) is 0. The van der Waals surface area contributed by atoms with E-state index < -0.39 is 0 Å². The summed E-state index contributed by atoms with van der Waals surface area (Å²) >= 11 is 0. The number of benzene rings is 1. The monoisotopic (exact) mass is 174 g/mol. The van der Waals surface area contributed by atoms with E-state index >= 15 is 0 Å². The first-order valence-corrected chi connectivity index (χ1v) is 4.92. The molecule has 2 nitrogen and oxygen atoms in total. The van der Waals surface area contributed by atoms with Crippen molar-refractivity contribution in [3.8, 4) is 0 Å². The first-order chi connectivity index (χ1) is 6.33. The van der Waals surface area contributed by atoms with Crippen molar-refractivity contribution in [1.82, 2.24) is 0 Å². The number of para-hydroxylation sites is 1. The van der Waals surface area contributed by atoms with Crippen molar-refractivity contribution >= 4 is 5.69 Å². The molecule has 0 amide bonds. The molecule has 1 aliphatic carbocycles. The maximum atomic E-state index is 6.02. The van der Waals surface area contributed by atoms with Crippen LogP contribution >= 0.6 is 0 Å². The van der Waals surface area contributed by atoms with Gasteiger partial charge >= 0.3 is 0 Å². The van der Waals surface area contributed by atoms with Crippen molar-refractivity contribution in [3.05, 3.63) is 29.8 Å². The first-order valence-electron chi connectivity index (χ1n) is 4.92. The Hall–Kier alpha value is -1.02. The van der Waals surface area contributed by atoms with Crippen molar-refractivity contribution in [2.45, 2.75) is 24.3 Å². The molecule has 68 valence electrons. The third kappa shape index (κ3) is 0.866. The molecule has 1 fully saturated rings. The van der Waals surface area contributed by atoms with E-state index in [1.807, 2.05) is 0 Å². The minimum absolute atomic E-state index is 0.335. The van der Waals surface area contributed by atoms with Gasteiger partial charge in [-0.05, 0) is 24.5 Å². The van der Waals surface area contributed by atoms with Crippen molar-refractivity contribution in [2.75, 3.05) is 11.9 Å². The minimum atomic E-state index is 0.335. The summed E-state index contributed by atoms with van der Waals surface area (Å²) < 4.78 is 0. The number of anilines is 1.